The van der Waals surface area contributed by atoms with Crippen LogP contribution in [0.4, 0.5) is 0 Å². The molecule has 1 aromatic rings. The third-order valence-corrected chi connectivity index (χ3v) is 4.31. The number of nitrogens with two attached hydrogens (primary N) is 1. The maximum absolute atomic E-state index is 5.87. The first-order chi connectivity index (χ1) is 9.58. The van der Waals surface area contributed by atoms with E-state index in [-0.39, 0.29) is 24.0 Å². The molecule has 0 atom stereocenters. The van der Waals surface area contributed by atoms with Gasteiger partial charge in [-0.2, -0.15) is 5.10 Å². The number of rotatable bonds is 6. The van der Waals surface area contributed by atoms with Crippen molar-refractivity contribution in [3.63, 3.8) is 0 Å². The van der Waals surface area contributed by atoms with Gasteiger partial charge in [-0.05, 0) is 51.0 Å². The average molecular weight is 405 g/mol. The van der Waals surface area contributed by atoms with Crippen molar-refractivity contribution in [2.75, 3.05) is 13.1 Å². The van der Waals surface area contributed by atoms with Gasteiger partial charge in [0.05, 0.1) is 5.69 Å². The van der Waals surface area contributed by atoms with Crippen LogP contribution in [0, 0.1) is 19.8 Å². The van der Waals surface area contributed by atoms with Crippen molar-refractivity contribution in [1.82, 2.24) is 15.1 Å². The summed E-state index contributed by atoms with van der Waals surface area (Å²) in [6, 6.07) is 0. The van der Waals surface area contributed by atoms with Gasteiger partial charge in [0, 0.05) is 25.8 Å². The lowest BCUT2D eigenvalue weighted by atomic mass is 9.86. The van der Waals surface area contributed by atoms with Crippen molar-refractivity contribution in [1.29, 1.82) is 0 Å². The van der Waals surface area contributed by atoms with Crippen LogP contribution >= 0.6 is 24.0 Å². The summed E-state index contributed by atoms with van der Waals surface area (Å²) < 4.78 is 1.95. The maximum Gasteiger partial charge on any atom is 0.188 e. The van der Waals surface area contributed by atoms with E-state index in [4.69, 9.17) is 5.73 Å². The number of nitrogens with zero attached hydrogens (tertiary/aromatic N) is 3. The van der Waals surface area contributed by atoms with E-state index in [1.165, 1.54) is 30.5 Å². The van der Waals surface area contributed by atoms with Gasteiger partial charge in [-0.25, -0.2) is 0 Å². The monoisotopic (exact) mass is 405 g/mol. The van der Waals surface area contributed by atoms with E-state index < -0.39 is 0 Å². The fourth-order valence-electron chi connectivity index (χ4n) is 2.62. The summed E-state index contributed by atoms with van der Waals surface area (Å²) in [6.45, 7) is 5.95. The Hall–Kier alpha value is -0.790. The zero-order valence-corrected chi connectivity index (χ0v) is 15.7. The minimum atomic E-state index is 0. The Labute approximate surface area is 144 Å². The van der Waals surface area contributed by atoms with Crippen LogP contribution in [-0.4, -0.2) is 28.8 Å². The Morgan fingerprint density at radius 2 is 2.14 bits per heavy atom. The highest BCUT2D eigenvalue weighted by Gasteiger charge is 2.16. The second-order valence-corrected chi connectivity index (χ2v) is 5.83. The van der Waals surface area contributed by atoms with Gasteiger partial charge in [0.25, 0.3) is 0 Å². The lowest BCUT2D eigenvalue weighted by molar-refractivity contribution is 0.326. The van der Waals surface area contributed by atoms with Gasteiger partial charge < -0.3 is 11.1 Å². The maximum atomic E-state index is 5.87. The third-order valence-electron chi connectivity index (χ3n) is 4.31. The van der Waals surface area contributed by atoms with Crippen LogP contribution in [0.15, 0.2) is 4.99 Å². The minimum Gasteiger partial charge on any atom is -0.370 e. The highest BCUT2D eigenvalue weighted by atomic mass is 127. The first-order valence-electron chi connectivity index (χ1n) is 7.60. The number of guanidine groups is 1. The molecule has 5 nitrogen and oxygen atoms in total. The molecule has 6 heteroatoms. The average Bonchev–Trinajstić information content (AvgIpc) is 2.58. The summed E-state index contributed by atoms with van der Waals surface area (Å²) >= 11 is 0. The number of aryl methyl sites for hydroxylation is 2. The Bertz CT molecular complexity index is 477. The van der Waals surface area contributed by atoms with E-state index in [1.54, 1.807) is 0 Å². The lowest BCUT2D eigenvalue weighted by Gasteiger charge is -2.23. The number of hydrogen-bond acceptors (Lipinski definition) is 2. The smallest absolute Gasteiger partial charge is 0.188 e. The highest BCUT2D eigenvalue weighted by Crippen LogP contribution is 2.26. The number of halogens is 1. The van der Waals surface area contributed by atoms with Crippen LogP contribution in [0.2, 0.25) is 0 Å². The minimum absolute atomic E-state index is 0. The fraction of sp³-hybridized carbons (Fsp3) is 0.733. The molecule has 0 bridgehead atoms. The molecule has 0 spiro atoms. The normalized spacial score (nSPS) is 15.5. The largest absolute Gasteiger partial charge is 0.370 e. The molecule has 2 rings (SSSR count). The molecular formula is C15H28IN5. The van der Waals surface area contributed by atoms with Crippen molar-refractivity contribution in [2.45, 2.75) is 46.0 Å². The van der Waals surface area contributed by atoms with Crippen LogP contribution in [0.5, 0.6) is 0 Å². The van der Waals surface area contributed by atoms with Crippen LogP contribution in [0.3, 0.4) is 0 Å². The van der Waals surface area contributed by atoms with Gasteiger partial charge >= 0.3 is 0 Å². The molecule has 0 amide bonds. The molecule has 0 aromatic carbocycles. The summed E-state index contributed by atoms with van der Waals surface area (Å²) in [5, 5.41) is 7.64. The van der Waals surface area contributed by atoms with Gasteiger partial charge in [0.15, 0.2) is 5.96 Å². The first kappa shape index (κ1) is 18.3. The molecule has 120 valence electrons. The van der Waals surface area contributed by atoms with E-state index in [0.29, 0.717) is 5.96 Å². The molecule has 0 radical (unpaired) electrons. The number of hydrogen-bond donors (Lipinski definition) is 2. The molecule has 1 saturated carbocycles. The highest BCUT2D eigenvalue weighted by molar-refractivity contribution is 14.0. The zero-order chi connectivity index (χ0) is 14.5. The molecule has 1 aliphatic rings. The second kappa shape index (κ2) is 8.60. The van der Waals surface area contributed by atoms with Crippen molar-refractivity contribution in [3.05, 3.63) is 17.0 Å². The molecule has 21 heavy (non-hydrogen) atoms. The van der Waals surface area contributed by atoms with Gasteiger partial charge in [0.1, 0.15) is 0 Å². The SMILES string of the molecule is Cc1nn(C)c(C)c1CCCNC(N)=NCC1CCC1.I. The quantitative estimate of drug-likeness (QED) is 0.330. The fourth-order valence-corrected chi connectivity index (χ4v) is 2.62. The number of aliphatic imine (C=N–C) groups is 1. The van der Waals surface area contributed by atoms with Gasteiger partial charge in [-0.1, -0.05) is 6.42 Å². The van der Waals surface area contributed by atoms with E-state index in [2.05, 4.69) is 29.3 Å². The van der Waals surface area contributed by atoms with Crippen LogP contribution in [-0.2, 0) is 13.5 Å². The molecule has 0 saturated heterocycles. The number of aromatic nitrogens is 2. The lowest BCUT2D eigenvalue weighted by Crippen LogP contribution is -2.33. The van der Waals surface area contributed by atoms with Gasteiger partial charge in [0.2, 0.25) is 0 Å². The Balaban J connectivity index is 0.00000220. The standard InChI is InChI=1S/C15H27N5.HI/c1-11-14(12(2)20(3)19-11)8-5-9-17-15(16)18-10-13-6-4-7-13;/h13H,4-10H2,1-3H3,(H3,16,17,18);1H. The second-order valence-electron chi connectivity index (χ2n) is 5.83. The van der Waals surface area contributed by atoms with Crippen LogP contribution < -0.4 is 11.1 Å². The summed E-state index contributed by atoms with van der Waals surface area (Å²) in [7, 11) is 2.00. The summed E-state index contributed by atoms with van der Waals surface area (Å²) in [5.74, 6) is 1.37. The predicted molar refractivity (Wildman–Crippen MR) is 98.3 cm³/mol. The number of nitrogens with one attached hydrogen (secondary N) is 1. The summed E-state index contributed by atoms with van der Waals surface area (Å²) in [4.78, 5) is 4.40. The molecule has 1 fully saturated rings. The van der Waals surface area contributed by atoms with Gasteiger partial charge in [-0.15, -0.1) is 24.0 Å². The van der Waals surface area contributed by atoms with E-state index >= 15 is 0 Å². The van der Waals surface area contributed by atoms with Crippen LogP contribution in [0.25, 0.3) is 0 Å². The predicted octanol–water partition coefficient (Wildman–Crippen LogP) is 2.29. The molecule has 1 aliphatic carbocycles. The molecule has 0 unspecified atom stereocenters. The third kappa shape index (κ3) is 5.16. The first-order valence-corrected chi connectivity index (χ1v) is 7.60. The Kier molecular flexibility index (Phi) is 7.48. The summed E-state index contributed by atoms with van der Waals surface area (Å²) in [5.41, 5.74) is 9.62. The Morgan fingerprint density at radius 3 is 2.67 bits per heavy atom. The summed E-state index contributed by atoms with van der Waals surface area (Å²) in [6.07, 6.45) is 6.07. The molecule has 1 heterocycles. The van der Waals surface area contributed by atoms with Gasteiger partial charge in [-0.3, -0.25) is 9.67 Å². The van der Waals surface area contributed by atoms with Crippen molar-refractivity contribution in [3.8, 4) is 0 Å². The van der Waals surface area contributed by atoms with E-state index in [1.807, 2.05) is 11.7 Å². The molecular weight excluding hydrogens is 377 g/mol. The molecule has 3 N–H and O–H groups in total. The molecule has 0 aliphatic heterocycles. The topological polar surface area (TPSA) is 68.2 Å². The van der Waals surface area contributed by atoms with Crippen molar-refractivity contribution >= 4 is 29.9 Å². The zero-order valence-electron chi connectivity index (χ0n) is 13.4. The molecule has 1 aromatic heterocycles. The van der Waals surface area contributed by atoms with Crippen LogP contribution in [0.1, 0.15) is 42.6 Å². The van der Waals surface area contributed by atoms with E-state index in [0.717, 1.165) is 37.5 Å². The van der Waals surface area contributed by atoms with Crippen molar-refractivity contribution in [2.24, 2.45) is 23.7 Å². The van der Waals surface area contributed by atoms with Crippen molar-refractivity contribution < 1.29 is 0 Å². The van der Waals surface area contributed by atoms with E-state index in [9.17, 15) is 0 Å². The Morgan fingerprint density at radius 1 is 1.43 bits per heavy atom.